The van der Waals surface area contributed by atoms with Gasteiger partial charge in [0.1, 0.15) is 12.4 Å². The van der Waals surface area contributed by atoms with Gasteiger partial charge in [-0.15, -0.1) is 0 Å². The number of halogens is 1. The Hall–Kier alpha value is -3.16. The highest BCUT2D eigenvalue weighted by Crippen LogP contribution is 2.29. The summed E-state index contributed by atoms with van der Waals surface area (Å²) in [5.41, 5.74) is 3.07. The first kappa shape index (κ1) is 27.1. The SMILES string of the molecule is Brc1ccccc1.Cc1cccc(C)c1OCc1c(C(=O)O)c(C)cc(CN(C)C)c1C(=O)O. The van der Waals surface area contributed by atoms with E-state index in [9.17, 15) is 19.8 Å². The van der Waals surface area contributed by atoms with Gasteiger partial charge in [0.15, 0.2) is 0 Å². The molecule has 34 heavy (non-hydrogen) atoms. The average Bonchev–Trinajstić information content (AvgIpc) is 2.73. The second-order valence-electron chi connectivity index (χ2n) is 8.23. The summed E-state index contributed by atoms with van der Waals surface area (Å²) >= 11 is 3.31. The Balaban J connectivity index is 0.000000497. The maximum Gasteiger partial charge on any atom is 0.336 e. The van der Waals surface area contributed by atoms with Crippen LogP contribution in [0.3, 0.4) is 0 Å². The Labute approximate surface area is 208 Å². The molecule has 0 bridgehead atoms. The topological polar surface area (TPSA) is 87.1 Å². The molecule has 7 heteroatoms. The third-order valence-corrected chi connectivity index (χ3v) is 5.66. The third-order valence-electron chi connectivity index (χ3n) is 5.13. The van der Waals surface area contributed by atoms with Gasteiger partial charge in [-0.25, -0.2) is 9.59 Å². The van der Waals surface area contributed by atoms with Gasteiger partial charge < -0.3 is 19.8 Å². The molecule has 0 fully saturated rings. The monoisotopic (exact) mass is 527 g/mol. The van der Waals surface area contributed by atoms with E-state index < -0.39 is 11.9 Å². The van der Waals surface area contributed by atoms with Crippen molar-refractivity contribution in [2.24, 2.45) is 0 Å². The van der Waals surface area contributed by atoms with Gasteiger partial charge in [0, 0.05) is 16.6 Å². The molecule has 0 heterocycles. The second kappa shape index (κ2) is 12.3. The van der Waals surface area contributed by atoms with Gasteiger partial charge in [0.25, 0.3) is 0 Å². The molecule has 2 N–H and O–H groups in total. The maximum atomic E-state index is 12.0. The van der Waals surface area contributed by atoms with Crippen LogP contribution in [0.5, 0.6) is 5.75 Å². The highest BCUT2D eigenvalue weighted by atomic mass is 79.9. The van der Waals surface area contributed by atoms with Gasteiger partial charge >= 0.3 is 11.9 Å². The Morgan fingerprint density at radius 2 is 1.41 bits per heavy atom. The summed E-state index contributed by atoms with van der Waals surface area (Å²) in [6.45, 7) is 5.73. The summed E-state index contributed by atoms with van der Waals surface area (Å²) in [6, 6.07) is 17.3. The first-order chi connectivity index (χ1) is 16.0. The second-order valence-corrected chi connectivity index (χ2v) is 9.15. The fraction of sp³-hybridized carbons (Fsp3) is 0.259. The van der Waals surface area contributed by atoms with Gasteiger partial charge in [-0.1, -0.05) is 58.4 Å². The lowest BCUT2D eigenvalue weighted by Crippen LogP contribution is -2.20. The molecular weight excluding hydrogens is 498 g/mol. The number of carbonyl (C=O) groups is 2. The first-order valence-corrected chi connectivity index (χ1v) is 11.5. The van der Waals surface area contributed by atoms with Crippen LogP contribution in [0.4, 0.5) is 0 Å². The third kappa shape index (κ3) is 7.17. The van der Waals surface area contributed by atoms with Crippen LogP contribution in [0.1, 0.15) is 48.5 Å². The van der Waals surface area contributed by atoms with Crippen LogP contribution in [0.2, 0.25) is 0 Å². The van der Waals surface area contributed by atoms with Gasteiger partial charge in [0.05, 0.1) is 11.1 Å². The molecule has 0 amide bonds. The number of rotatable bonds is 7. The molecule has 0 radical (unpaired) electrons. The number of para-hydroxylation sites is 1. The summed E-state index contributed by atoms with van der Waals surface area (Å²) in [4.78, 5) is 25.7. The summed E-state index contributed by atoms with van der Waals surface area (Å²) in [5.74, 6) is -1.68. The molecule has 0 unspecified atom stereocenters. The van der Waals surface area contributed by atoms with Crippen molar-refractivity contribution in [1.29, 1.82) is 0 Å². The molecule has 0 aromatic heterocycles. The zero-order chi connectivity index (χ0) is 25.4. The molecule has 0 aliphatic rings. The van der Waals surface area contributed by atoms with Crippen LogP contribution < -0.4 is 4.74 Å². The molecule has 0 aliphatic heterocycles. The number of nitrogens with zero attached hydrogens (tertiary/aromatic N) is 1. The number of carboxylic acids is 2. The molecule has 3 aromatic carbocycles. The van der Waals surface area contributed by atoms with E-state index in [1.807, 2.05) is 81.4 Å². The standard InChI is InChI=1S/C21H25NO5.C6H5Br/c1-12-7-6-8-13(2)19(12)27-11-16-17(20(23)24)14(3)9-15(10-22(4)5)18(16)21(25)26;7-6-4-2-1-3-5-6/h6-9H,10-11H2,1-5H3,(H,23,24)(H,25,26);1-5H. The molecule has 0 aliphatic carbocycles. The Morgan fingerprint density at radius 3 is 1.85 bits per heavy atom. The van der Waals surface area contributed by atoms with E-state index >= 15 is 0 Å². The van der Waals surface area contributed by atoms with Gasteiger partial charge in [-0.05, 0) is 69.3 Å². The zero-order valence-corrected chi connectivity index (χ0v) is 21.6. The fourth-order valence-electron chi connectivity index (χ4n) is 3.72. The van der Waals surface area contributed by atoms with Crippen molar-refractivity contribution in [2.45, 2.75) is 33.9 Å². The van der Waals surface area contributed by atoms with Crippen molar-refractivity contribution in [1.82, 2.24) is 4.90 Å². The molecule has 3 rings (SSSR count). The number of ether oxygens (including phenoxy) is 1. The largest absolute Gasteiger partial charge is 0.488 e. The molecule has 3 aromatic rings. The van der Waals surface area contributed by atoms with Crippen molar-refractivity contribution in [3.05, 3.63) is 98.0 Å². The number of benzene rings is 3. The van der Waals surface area contributed by atoms with E-state index in [0.29, 0.717) is 23.4 Å². The molecule has 0 saturated carbocycles. The first-order valence-electron chi connectivity index (χ1n) is 10.7. The van der Waals surface area contributed by atoms with Crippen LogP contribution in [0.15, 0.2) is 59.1 Å². The summed E-state index contributed by atoms with van der Waals surface area (Å²) < 4.78 is 7.04. The zero-order valence-electron chi connectivity index (χ0n) is 20.1. The Bertz CT molecular complexity index is 1140. The van der Waals surface area contributed by atoms with Gasteiger partial charge in [-0.3, -0.25) is 0 Å². The lowest BCUT2D eigenvalue weighted by Gasteiger charge is -2.20. The van der Waals surface area contributed by atoms with E-state index in [4.69, 9.17) is 4.74 Å². The molecule has 180 valence electrons. The summed E-state index contributed by atoms with van der Waals surface area (Å²) in [5, 5.41) is 19.5. The number of aryl methyl sites for hydroxylation is 3. The van der Waals surface area contributed by atoms with E-state index in [1.54, 1.807) is 13.0 Å². The van der Waals surface area contributed by atoms with E-state index in [1.165, 1.54) is 0 Å². The molecule has 0 atom stereocenters. The normalized spacial score (nSPS) is 10.4. The van der Waals surface area contributed by atoms with Crippen molar-refractivity contribution in [3.63, 3.8) is 0 Å². The minimum atomic E-state index is -1.16. The lowest BCUT2D eigenvalue weighted by molar-refractivity contribution is 0.0690. The molecule has 0 spiro atoms. The fourth-order valence-corrected chi connectivity index (χ4v) is 4.03. The average molecular weight is 528 g/mol. The quantitative estimate of drug-likeness (QED) is 0.386. The van der Waals surface area contributed by atoms with Crippen molar-refractivity contribution >= 4 is 27.9 Å². The molecule has 0 saturated heterocycles. The number of hydrogen-bond donors (Lipinski definition) is 2. The van der Waals surface area contributed by atoms with Crippen LogP contribution in [-0.2, 0) is 13.2 Å². The Kier molecular flexibility index (Phi) is 9.83. The number of carboxylic acid groups (broad SMARTS) is 2. The van der Waals surface area contributed by atoms with Crippen molar-refractivity contribution < 1.29 is 24.5 Å². The Morgan fingerprint density at radius 1 is 0.853 bits per heavy atom. The van der Waals surface area contributed by atoms with Crippen molar-refractivity contribution in [2.75, 3.05) is 14.1 Å². The maximum absolute atomic E-state index is 12.0. The minimum absolute atomic E-state index is 0.00191. The number of aromatic carboxylic acids is 2. The van der Waals surface area contributed by atoms with Crippen LogP contribution in [0, 0.1) is 20.8 Å². The van der Waals surface area contributed by atoms with E-state index in [-0.39, 0.29) is 23.3 Å². The summed E-state index contributed by atoms with van der Waals surface area (Å²) in [6.07, 6.45) is 0. The molecular formula is C27H30BrNO5. The van der Waals surface area contributed by atoms with Crippen LogP contribution in [-0.4, -0.2) is 41.1 Å². The van der Waals surface area contributed by atoms with Gasteiger partial charge in [-0.2, -0.15) is 0 Å². The highest BCUT2D eigenvalue weighted by molar-refractivity contribution is 9.10. The molecule has 6 nitrogen and oxygen atoms in total. The van der Waals surface area contributed by atoms with Gasteiger partial charge in [0.2, 0.25) is 0 Å². The highest BCUT2D eigenvalue weighted by Gasteiger charge is 2.25. The smallest absolute Gasteiger partial charge is 0.336 e. The van der Waals surface area contributed by atoms with Crippen molar-refractivity contribution in [3.8, 4) is 5.75 Å². The van der Waals surface area contributed by atoms with Crippen LogP contribution in [0.25, 0.3) is 0 Å². The summed E-state index contributed by atoms with van der Waals surface area (Å²) in [7, 11) is 3.66. The predicted octanol–water partition coefficient (Wildman–Crippen LogP) is 6.10. The van der Waals surface area contributed by atoms with E-state index in [2.05, 4.69) is 15.9 Å². The number of hydrogen-bond acceptors (Lipinski definition) is 4. The predicted molar refractivity (Wildman–Crippen MR) is 137 cm³/mol. The van der Waals surface area contributed by atoms with Crippen LogP contribution >= 0.6 is 15.9 Å². The minimum Gasteiger partial charge on any atom is -0.488 e. The lowest BCUT2D eigenvalue weighted by atomic mass is 9.91. The van der Waals surface area contributed by atoms with E-state index in [0.717, 1.165) is 15.6 Å².